The lowest BCUT2D eigenvalue weighted by molar-refractivity contribution is 0.132. The van der Waals surface area contributed by atoms with Gasteiger partial charge in [-0.05, 0) is 63.4 Å². The second-order valence-electron chi connectivity index (χ2n) is 7.58. The van der Waals surface area contributed by atoms with E-state index in [1.54, 1.807) is 0 Å². The number of piperazine rings is 1. The van der Waals surface area contributed by atoms with Gasteiger partial charge in [0, 0.05) is 39.3 Å². The van der Waals surface area contributed by atoms with Gasteiger partial charge in [0.2, 0.25) is 0 Å². The number of hydrogen-bond donors (Lipinski definition) is 1. The van der Waals surface area contributed by atoms with Crippen molar-refractivity contribution in [2.45, 2.75) is 39.3 Å². The molecule has 0 aliphatic carbocycles. The number of nitrogens with one attached hydrogen (secondary N) is 1. The van der Waals surface area contributed by atoms with Crippen LogP contribution in [-0.4, -0.2) is 61.7 Å². The topological polar surface area (TPSA) is 27.7 Å². The molecule has 2 aliphatic heterocycles. The van der Waals surface area contributed by atoms with Gasteiger partial charge in [-0.25, -0.2) is 0 Å². The summed E-state index contributed by atoms with van der Waals surface area (Å²) in [6, 6.07) is 8.63. The first-order valence-corrected chi connectivity index (χ1v) is 9.60. The minimum absolute atomic E-state index is 0.241. The lowest BCUT2D eigenvalue weighted by Gasteiger charge is -2.36. The molecule has 0 aromatic heterocycles. The molecule has 0 spiro atoms. The summed E-state index contributed by atoms with van der Waals surface area (Å²) < 4.78 is 5.72. The van der Waals surface area contributed by atoms with Gasteiger partial charge in [-0.2, -0.15) is 0 Å². The van der Waals surface area contributed by atoms with E-state index in [0.717, 1.165) is 31.3 Å². The van der Waals surface area contributed by atoms with Crippen LogP contribution < -0.4 is 10.1 Å². The highest BCUT2D eigenvalue weighted by atomic mass is 16.5. The Hall–Kier alpha value is -1.10. The highest BCUT2D eigenvalue weighted by Crippen LogP contribution is 2.21. The predicted molar refractivity (Wildman–Crippen MR) is 99.5 cm³/mol. The zero-order chi connectivity index (χ0) is 16.8. The van der Waals surface area contributed by atoms with E-state index in [1.807, 2.05) is 0 Å². The fourth-order valence-electron chi connectivity index (χ4n) is 3.79. The molecule has 0 saturated carbocycles. The maximum Gasteiger partial charge on any atom is 0.119 e. The van der Waals surface area contributed by atoms with Gasteiger partial charge < -0.3 is 15.0 Å². The third-order valence-electron chi connectivity index (χ3n) is 5.13. The van der Waals surface area contributed by atoms with E-state index in [9.17, 15) is 0 Å². The fraction of sp³-hybridized carbons (Fsp3) is 0.700. The summed E-state index contributed by atoms with van der Waals surface area (Å²) in [5, 5.41) is 3.44. The first kappa shape index (κ1) is 17.7. The van der Waals surface area contributed by atoms with Crippen LogP contribution in [0.3, 0.4) is 0 Å². The zero-order valence-corrected chi connectivity index (χ0v) is 15.3. The second-order valence-corrected chi connectivity index (χ2v) is 7.58. The molecule has 0 bridgehead atoms. The van der Waals surface area contributed by atoms with Crippen molar-refractivity contribution in [2.24, 2.45) is 5.92 Å². The smallest absolute Gasteiger partial charge is 0.119 e. The molecule has 0 atom stereocenters. The Morgan fingerprint density at radius 1 is 1.00 bits per heavy atom. The number of hydrogen-bond acceptors (Lipinski definition) is 4. The van der Waals surface area contributed by atoms with Crippen molar-refractivity contribution in [3.8, 4) is 5.75 Å². The van der Waals surface area contributed by atoms with Crippen LogP contribution in [-0.2, 0) is 6.54 Å². The van der Waals surface area contributed by atoms with Crippen molar-refractivity contribution in [3.63, 3.8) is 0 Å². The third kappa shape index (κ3) is 5.47. The van der Waals surface area contributed by atoms with E-state index in [2.05, 4.69) is 53.2 Å². The Labute approximate surface area is 147 Å². The first-order valence-electron chi connectivity index (χ1n) is 9.60. The zero-order valence-electron chi connectivity index (χ0n) is 15.3. The van der Waals surface area contributed by atoms with E-state index in [1.165, 1.54) is 51.1 Å². The van der Waals surface area contributed by atoms with Crippen LogP contribution in [0.5, 0.6) is 5.75 Å². The summed E-state index contributed by atoms with van der Waals surface area (Å²) >= 11 is 0. The highest BCUT2D eigenvalue weighted by Gasteiger charge is 2.22. The molecule has 2 saturated heterocycles. The number of rotatable bonds is 6. The van der Waals surface area contributed by atoms with Crippen LogP contribution in [0.25, 0.3) is 0 Å². The van der Waals surface area contributed by atoms with Gasteiger partial charge in [-0.1, -0.05) is 12.1 Å². The molecule has 4 heteroatoms. The molecular formula is C20H33N3O. The summed E-state index contributed by atoms with van der Waals surface area (Å²) in [6.45, 7) is 13.8. The van der Waals surface area contributed by atoms with Crippen molar-refractivity contribution in [1.29, 1.82) is 0 Å². The minimum atomic E-state index is 0.241. The monoisotopic (exact) mass is 331 g/mol. The van der Waals surface area contributed by atoms with Gasteiger partial charge in [0.05, 0.1) is 6.10 Å². The molecule has 2 aliphatic rings. The SMILES string of the molecule is CC(C)Oc1ccc(CN2CCC(CN3CCNCC3)CC2)cc1. The van der Waals surface area contributed by atoms with Crippen molar-refractivity contribution < 1.29 is 4.74 Å². The molecule has 0 amide bonds. The van der Waals surface area contributed by atoms with E-state index >= 15 is 0 Å². The molecule has 4 nitrogen and oxygen atoms in total. The van der Waals surface area contributed by atoms with Crippen LogP contribution in [0.15, 0.2) is 24.3 Å². The number of piperidine rings is 1. The lowest BCUT2D eigenvalue weighted by atomic mass is 9.95. The van der Waals surface area contributed by atoms with Crippen molar-refractivity contribution >= 4 is 0 Å². The van der Waals surface area contributed by atoms with Crippen LogP contribution in [0.2, 0.25) is 0 Å². The predicted octanol–water partition coefficient (Wildman–Crippen LogP) is 2.59. The molecular weight excluding hydrogens is 298 g/mol. The van der Waals surface area contributed by atoms with Crippen LogP contribution in [0, 0.1) is 5.92 Å². The summed E-state index contributed by atoms with van der Waals surface area (Å²) in [5.41, 5.74) is 1.40. The van der Waals surface area contributed by atoms with Crippen molar-refractivity contribution in [1.82, 2.24) is 15.1 Å². The summed E-state index contributed by atoms with van der Waals surface area (Å²) in [7, 11) is 0. The van der Waals surface area contributed by atoms with Gasteiger partial charge in [-0.15, -0.1) is 0 Å². The quantitative estimate of drug-likeness (QED) is 0.867. The summed E-state index contributed by atoms with van der Waals surface area (Å²) in [6.07, 6.45) is 2.93. The molecule has 1 aromatic carbocycles. The third-order valence-corrected chi connectivity index (χ3v) is 5.13. The lowest BCUT2D eigenvalue weighted by Crippen LogP contribution is -2.46. The van der Waals surface area contributed by atoms with Gasteiger partial charge in [0.1, 0.15) is 5.75 Å². The first-order chi connectivity index (χ1) is 11.7. The minimum Gasteiger partial charge on any atom is -0.491 e. The molecule has 2 heterocycles. The van der Waals surface area contributed by atoms with Crippen molar-refractivity contribution in [2.75, 3.05) is 45.8 Å². The fourth-order valence-corrected chi connectivity index (χ4v) is 3.79. The molecule has 0 radical (unpaired) electrons. The van der Waals surface area contributed by atoms with E-state index in [-0.39, 0.29) is 6.10 Å². The number of ether oxygens (including phenoxy) is 1. The highest BCUT2D eigenvalue weighted by molar-refractivity contribution is 5.27. The molecule has 2 fully saturated rings. The van der Waals surface area contributed by atoms with Crippen LogP contribution in [0.4, 0.5) is 0 Å². The van der Waals surface area contributed by atoms with E-state index in [0.29, 0.717) is 0 Å². The Balaban J connectivity index is 1.40. The molecule has 134 valence electrons. The normalized spacial score (nSPS) is 21.3. The number of likely N-dealkylation sites (tertiary alicyclic amines) is 1. The van der Waals surface area contributed by atoms with Gasteiger partial charge >= 0.3 is 0 Å². The van der Waals surface area contributed by atoms with E-state index in [4.69, 9.17) is 4.74 Å². The van der Waals surface area contributed by atoms with Crippen molar-refractivity contribution in [3.05, 3.63) is 29.8 Å². The summed E-state index contributed by atoms with van der Waals surface area (Å²) in [4.78, 5) is 5.25. The van der Waals surface area contributed by atoms with Gasteiger partial charge in [0.25, 0.3) is 0 Å². The molecule has 3 rings (SSSR count). The average Bonchev–Trinajstić information content (AvgIpc) is 2.59. The maximum atomic E-state index is 5.72. The maximum absolute atomic E-state index is 5.72. The van der Waals surface area contributed by atoms with E-state index < -0.39 is 0 Å². The number of benzene rings is 1. The Bertz CT molecular complexity index is 474. The Morgan fingerprint density at radius 3 is 2.29 bits per heavy atom. The standard InChI is InChI=1S/C20H33N3O/c1-17(2)24-20-5-3-18(4-6-20)15-22-11-7-19(8-12-22)16-23-13-9-21-10-14-23/h3-6,17,19,21H,7-16H2,1-2H3. The Kier molecular flexibility index (Phi) is 6.52. The summed E-state index contributed by atoms with van der Waals surface area (Å²) in [5.74, 6) is 1.87. The molecule has 1 N–H and O–H groups in total. The van der Waals surface area contributed by atoms with Gasteiger partial charge in [0.15, 0.2) is 0 Å². The second kappa shape index (κ2) is 8.84. The molecule has 0 unspecified atom stereocenters. The number of nitrogens with zero attached hydrogens (tertiary/aromatic N) is 2. The Morgan fingerprint density at radius 2 is 1.67 bits per heavy atom. The molecule has 1 aromatic rings. The molecule has 24 heavy (non-hydrogen) atoms. The van der Waals surface area contributed by atoms with Crippen LogP contribution >= 0.6 is 0 Å². The van der Waals surface area contributed by atoms with Crippen LogP contribution in [0.1, 0.15) is 32.3 Å². The average molecular weight is 332 g/mol. The van der Waals surface area contributed by atoms with Gasteiger partial charge in [-0.3, -0.25) is 4.90 Å². The largest absolute Gasteiger partial charge is 0.491 e.